The van der Waals surface area contributed by atoms with Crippen molar-refractivity contribution in [2.24, 2.45) is 0 Å². The summed E-state index contributed by atoms with van der Waals surface area (Å²) < 4.78 is 0. The molecule has 56 valence electrons. The van der Waals surface area contributed by atoms with E-state index in [9.17, 15) is 4.79 Å². The molecule has 0 bridgehead atoms. The molecule has 0 aliphatic rings. The van der Waals surface area contributed by atoms with E-state index >= 15 is 0 Å². The maximum atomic E-state index is 10.8. The molecule has 0 aliphatic carbocycles. The second-order valence-electron chi connectivity index (χ2n) is 2.07. The third kappa shape index (κ3) is 2.55. The van der Waals surface area contributed by atoms with Gasteiger partial charge in [0.25, 0.3) is 0 Å². The Hall–Kier alpha value is -0.950. The summed E-state index contributed by atoms with van der Waals surface area (Å²) >= 11 is 0. The molecule has 0 atom stereocenters. The van der Waals surface area contributed by atoms with Crippen LogP contribution in [0.15, 0.2) is 0 Å². The summed E-state index contributed by atoms with van der Waals surface area (Å²) in [6.07, 6.45) is 1.83. The van der Waals surface area contributed by atoms with Crippen LogP contribution in [-0.2, 0) is 4.79 Å². The van der Waals surface area contributed by atoms with Gasteiger partial charge in [0.05, 0.1) is 6.42 Å². The second kappa shape index (κ2) is 4.89. The number of hydrogen-bond donors (Lipinski definition) is 0. The minimum Gasteiger partial charge on any atom is -0.361 e. The summed E-state index contributed by atoms with van der Waals surface area (Å²) in [6, 6.07) is 0. The molecule has 0 aliphatic heterocycles. The van der Waals surface area contributed by atoms with Crippen LogP contribution >= 0.6 is 0 Å². The van der Waals surface area contributed by atoms with Crippen molar-refractivity contribution in [1.82, 2.24) is 0 Å². The molecule has 0 aromatic rings. The molecular formula is C7H12N2O. The quantitative estimate of drug-likeness (QED) is 0.331. The fourth-order valence-corrected chi connectivity index (χ4v) is 0.686. The van der Waals surface area contributed by atoms with Gasteiger partial charge < -0.3 is 5.53 Å². The molecule has 0 aromatic carbocycles. The lowest BCUT2D eigenvalue weighted by Crippen LogP contribution is -2.13. The smallest absolute Gasteiger partial charge is 0.334 e. The van der Waals surface area contributed by atoms with Gasteiger partial charge in [-0.3, -0.25) is 4.79 Å². The van der Waals surface area contributed by atoms with E-state index in [0.717, 1.165) is 6.42 Å². The van der Waals surface area contributed by atoms with Crippen LogP contribution in [0.3, 0.4) is 0 Å². The van der Waals surface area contributed by atoms with Crippen molar-refractivity contribution in [3.8, 4) is 0 Å². The van der Waals surface area contributed by atoms with Gasteiger partial charge in [-0.1, -0.05) is 13.8 Å². The van der Waals surface area contributed by atoms with Crippen LogP contribution in [0.4, 0.5) is 0 Å². The number of rotatable bonds is 4. The van der Waals surface area contributed by atoms with Crippen LogP contribution in [0.25, 0.3) is 5.53 Å². The highest BCUT2D eigenvalue weighted by molar-refractivity contribution is 6.37. The van der Waals surface area contributed by atoms with E-state index in [1.54, 1.807) is 6.92 Å². The zero-order valence-electron chi connectivity index (χ0n) is 6.42. The SMILES string of the molecule is CCCC(=[N+]=[N-])C(=O)CC. The van der Waals surface area contributed by atoms with Gasteiger partial charge in [-0.15, -0.1) is 0 Å². The molecule has 3 heteroatoms. The molecule has 0 radical (unpaired) electrons. The van der Waals surface area contributed by atoms with Gasteiger partial charge in [-0.25, -0.2) is 0 Å². The highest BCUT2D eigenvalue weighted by atomic mass is 16.1. The van der Waals surface area contributed by atoms with E-state index in [0.29, 0.717) is 18.6 Å². The Morgan fingerprint density at radius 2 is 2.10 bits per heavy atom. The fourth-order valence-electron chi connectivity index (χ4n) is 0.686. The third-order valence-corrected chi connectivity index (χ3v) is 1.25. The minimum atomic E-state index is -0.0654. The normalized spacial score (nSPS) is 8.60. The summed E-state index contributed by atoms with van der Waals surface area (Å²) in [5, 5.41) is 0. The van der Waals surface area contributed by atoms with Crippen LogP contribution in [0.2, 0.25) is 0 Å². The zero-order valence-corrected chi connectivity index (χ0v) is 6.42. The molecule has 0 spiro atoms. The number of ketones is 1. The first-order valence-electron chi connectivity index (χ1n) is 3.50. The predicted octanol–water partition coefficient (Wildman–Crippen LogP) is 1.44. The molecule has 0 rings (SSSR count). The zero-order chi connectivity index (χ0) is 7.98. The fraction of sp³-hybridized carbons (Fsp3) is 0.714. The van der Waals surface area contributed by atoms with Crippen molar-refractivity contribution >= 4 is 11.5 Å². The monoisotopic (exact) mass is 140 g/mol. The van der Waals surface area contributed by atoms with Gasteiger partial charge in [-0.2, -0.15) is 4.79 Å². The van der Waals surface area contributed by atoms with Gasteiger partial charge in [-0.05, 0) is 6.42 Å². The Kier molecular flexibility index (Phi) is 4.42. The molecule has 10 heavy (non-hydrogen) atoms. The lowest BCUT2D eigenvalue weighted by Gasteiger charge is -1.87. The average Bonchev–Trinajstić information content (AvgIpc) is 1.99. The molecule has 0 amide bonds. The van der Waals surface area contributed by atoms with Gasteiger partial charge in [0, 0.05) is 6.42 Å². The van der Waals surface area contributed by atoms with Crippen molar-refractivity contribution in [1.29, 1.82) is 0 Å². The van der Waals surface area contributed by atoms with Gasteiger partial charge >= 0.3 is 5.71 Å². The van der Waals surface area contributed by atoms with E-state index in [-0.39, 0.29) is 5.78 Å². The third-order valence-electron chi connectivity index (χ3n) is 1.25. The highest BCUT2D eigenvalue weighted by Gasteiger charge is 2.15. The van der Waals surface area contributed by atoms with Crippen LogP contribution in [0.5, 0.6) is 0 Å². The Morgan fingerprint density at radius 3 is 2.40 bits per heavy atom. The molecule has 0 saturated carbocycles. The molecule has 0 N–H and O–H groups in total. The lowest BCUT2D eigenvalue weighted by molar-refractivity contribution is -0.117. The minimum absolute atomic E-state index is 0.0654. The molecule has 0 fully saturated rings. The average molecular weight is 140 g/mol. The maximum Gasteiger partial charge on any atom is 0.334 e. The summed E-state index contributed by atoms with van der Waals surface area (Å²) in [7, 11) is 0. The van der Waals surface area contributed by atoms with Crippen LogP contribution in [0, 0.1) is 0 Å². The number of carbonyl (C=O) groups excluding carboxylic acids is 1. The summed E-state index contributed by atoms with van der Waals surface area (Å²) in [5.74, 6) is -0.0654. The molecule has 0 saturated heterocycles. The van der Waals surface area contributed by atoms with Crippen molar-refractivity contribution in [3.63, 3.8) is 0 Å². The lowest BCUT2D eigenvalue weighted by atomic mass is 10.1. The molecule has 0 aromatic heterocycles. The van der Waals surface area contributed by atoms with Crippen molar-refractivity contribution in [3.05, 3.63) is 5.53 Å². The van der Waals surface area contributed by atoms with Gasteiger partial charge in [0.15, 0.2) is 0 Å². The second-order valence-corrected chi connectivity index (χ2v) is 2.07. The van der Waals surface area contributed by atoms with Crippen LogP contribution in [-0.4, -0.2) is 16.3 Å². The number of hydrogen-bond acceptors (Lipinski definition) is 1. The topological polar surface area (TPSA) is 53.5 Å². The van der Waals surface area contributed by atoms with E-state index in [1.165, 1.54) is 0 Å². The number of carbonyl (C=O) groups is 1. The van der Waals surface area contributed by atoms with E-state index in [4.69, 9.17) is 5.53 Å². The Morgan fingerprint density at radius 1 is 1.50 bits per heavy atom. The number of Topliss-reactive ketones (excluding diaryl/α,β-unsaturated/α-hetero) is 1. The first kappa shape index (κ1) is 9.05. The summed E-state index contributed by atoms with van der Waals surface area (Å²) in [4.78, 5) is 13.8. The van der Waals surface area contributed by atoms with E-state index in [1.807, 2.05) is 6.92 Å². The summed E-state index contributed by atoms with van der Waals surface area (Å²) in [5.41, 5.74) is 8.62. The highest BCUT2D eigenvalue weighted by Crippen LogP contribution is 1.92. The van der Waals surface area contributed by atoms with Crippen molar-refractivity contribution in [2.75, 3.05) is 0 Å². The Balaban J connectivity index is 4.09. The van der Waals surface area contributed by atoms with Crippen molar-refractivity contribution < 1.29 is 9.58 Å². The van der Waals surface area contributed by atoms with E-state index < -0.39 is 0 Å². The molecule has 0 heterocycles. The van der Waals surface area contributed by atoms with Gasteiger partial charge in [0.2, 0.25) is 5.78 Å². The Labute approximate surface area is 60.7 Å². The molecular weight excluding hydrogens is 128 g/mol. The Bertz CT molecular complexity index is 168. The first-order valence-corrected chi connectivity index (χ1v) is 3.50. The van der Waals surface area contributed by atoms with Gasteiger partial charge in [0.1, 0.15) is 0 Å². The number of nitrogens with zero attached hydrogens (tertiary/aromatic N) is 2. The standard InChI is InChI=1S/C7H12N2O/c1-3-5-6(9-8)7(10)4-2/h3-5H2,1-2H3. The predicted molar refractivity (Wildman–Crippen MR) is 38.8 cm³/mol. The molecule has 3 nitrogen and oxygen atoms in total. The summed E-state index contributed by atoms with van der Waals surface area (Å²) in [6.45, 7) is 3.69. The first-order chi connectivity index (χ1) is 4.76. The van der Waals surface area contributed by atoms with Crippen molar-refractivity contribution in [2.45, 2.75) is 33.1 Å². The van der Waals surface area contributed by atoms with Crippen LogP contribution in [0.1, 0.15) is 33.1 Å². The maximum absolute atomic E-state index is 10.8. The largest absolute Gasteiger partial charge is 0.361 e. The van der Waals surface area contributed by atoms with Crippen LogP contribution < -0.4 is 0 Å². The van der Waals surface area contributed by atoms with E-state index in [2.05, 4.69) is 4.79 Å². The molecule has 0 unspecified atom stereocenters.